The van der Waals surface area contributed by atoms with Crippen molar-refractivity contribution in [2.24, 2.45) is 0 Å². The first-order valence-corrected chi connectivity index (χ1v) is 9.74. The normalized spacial score (nSPS) is 11.6. The molecule has 4 aromatic carbocycles. The van der Waals surface area contributed by atoms with Crippen molar-refractivity contribution in [2.45, 2.75) is 6.92 Å². The lowest BCUT2D eigenvalue weighted by Crippen LogP contribution is -1.93. The summed E-state index contributed by atoms with van der Waals surface area (Å²) in [5.41, 5.74) is 7.48. The van der Waals surface area contributed by atoms with Gasteiger partial charge in [-0.1, -0.05) is 42.0 Å². The van der Waals surface area contributed by atoms with Gasteiger partial charge in [0, 0.05) is 22.0 Å². The average molecular weight is 374 g/mol. The molecule has 0 spiro atoms. The zero-order valence-corrected chi connectivity index (χ0v) is 16.0. The molecule has 0 saturated carbocycles. The van der Waals surface area contributed by atoms with Gasteiger partial charge in [-0.3, -0.25) is 0 Å². The van der Waals surface area contributed by atoms with Crippen LogP contribution < -0.4 is 0 Å². The highest BCUT2D eigenvalue weighted by atomic mass is 16.3. The maximum atomic E-state index is 5.92. The molecule has 3 nitrogen and oxygen atoms in total. The van der Waals surface area contributed by atoms with Crippen LogP contribution in [0.1, 0.15) is 5.56 Å². The number of para-hydroxylation sites is 3. The van der Waals surface area contributed by atoms with Gasteiger partial charge < -0.3 is 8.98 Å². The van der Waals surface area contributed by atoms with Crippen molar-refractivity contribution in [3.63, 3.8) is 0 Å². The van der Waals surface area contributed by atoms with E-state index >= 15 is 0 Å². The first kappa shape index (κ1) is 16.1. The van der Waals surface area contributed by atoms with Gasteiger partial charge in [-0.05, 0) is 61.5 Å². The lowest BCUT2D eigenvalue weighted by molar-refractivity contribution is 0.620. The van der Waals surface area contributed by atoms with E-state index in [1.54, 1.807) is 0 Å². The van der Waals surface area contributed by atoms with Gasteiger partial charge >= 0.3 is 0 Å². The van der Waals surface area contributed by atoms with Gasteiger partial charge in [-0.2, -0.15) is 0 Å². The van der Waals surface area contributed by atoms with Gasteiger partial charge in [0.1, 0.15) is 5.52 Å². The van der Waals surface area contributed by atoms with E-state index in [9.17, 15) is 0 Å². The predicted molar refractivity (Wildman–Crippen MR) is 119 cm³/mol. The Balaban J connectivity index is 1.52. The number of aromatic nitrogens is 2. The molecule has 3 heteroatoms. The number of fused-ring (bicyclic) bond motifs is 4. The van der Waals surface area contributed by atoms with E-state index in [1.807, 2.05) is 24.3 Å². The minimum absolute atomic E-state index is 0.649. The van der Waals surface area contributed by atoms with E-state index in [2.05, 4.69) is 83.2 Å². The average Bonchev–Trinajstić information content (AvgIpc) is 3.33. The second-order valence-corrected chi connectivity index (χ2v) is 7.41. The highest BCUT2D eigenvalue weighted by Gasteiger charge is 2.13. The Labute approximate surface area is 167 Å². The molecule has 6 aromatic rings. The van der Waals surface area contributed by atoms with Crippen molar-refractivity contribution >= 4 is 32.9 Å². The molecule has 0 bridgehead atoms. The lowest BCUT2D eigenvalue weighted by Gasteiger charge is -2.08. The second-order valence-electron chi connectivity index (χ2n) is 7.41. The molecule has 0 amide bonds. The Kier molecular flexibility index (Phi) is 3.38. The Bertz CT molecular complexity index is 1470. The standard InChI is InChI=1S/C26H18N2O/c1-17-10-15-24-21(16-17)20-6-2-4-8-23(20)28(24)19-13-11-18(12-14-19)26-27-22-7-3-5-9-25(22)29-26/h2-16H,1H3. The van der Waals surface area contributed by atoms with Gasteiger partial charge in [0.15, 0.2) is 5.58 Å². The van der Waals surface area contributed by atoms with Gasteiger partial charge in [0.2, 0.25) is 5.89 Å². The highest BCUT2D eigenvalue weighted by Crippen LogP contribution is 2.33. The fraction of sp³-hybridized carbons (Fsp3) is 0.0385. The number of benzene rings is 4. The summed E-state index contributed by atoms with van der Waals surface area (Å²) in [7, 11) is 0. The lowest BCUT2D eigenvalue weighted by atomic mass is 10.1. The molecule has 29 heavy (non-hydrogen) atoms. The number of nitrogens with zero attached hydrogens (tertiary/aromatic N) is 2. The number of aryl methyl sites for hydroxylation is 1. The van der Waals surface area contributed by atoms with Crippen molar-refractivity contribution in [2.75, 3.05) is 0 Å². The Morgan fingerprint density at radius 2 is 1.48 bits per heavy atom. The van der Waals surface area contributed by atoms with Gasteiger partial charge in [-0.25, -0.2) is 4.98 Å². The fourth-order valence-electron chi connectivity index (χ4n) is 4.11. The molecule has 2 heterocycles. The molecule has 0 aliphatic rings. The van der Waals surface area contributed by atoms with Crippen LogP contribution in [0.25, 0.3) is 50.0 Å². The topological polar surface area (TPSA) is 31.0 Å². The zero-order valence-electron chi connectivity index (χ0n) is 16.0. The third-order valence-corrected chi connectivity index (χ3v) is 5.49. The van der Waals surface area contributed by atoms with E-state index in [-0.39, 0.29) is 0 Å². The zero-order chi connectivity index (χ0) is 19.4. The number of hydrogen-bond donors (Lipinski definition) is 0. The van der Waals surface area contributed by atoms with E-state index in [0.717, 1.165) is 22.4 Å². The van der Waals surface area contributed by atoms with Gasteiger partial charge in [0.25, 0.3) is 0 Å². The molecule has 0 radical (unpaired) electrons. The van der Waals surface area contributed by atoms with Crippen LogP contribution in [0.2, 0.25) is 0 Å². The SMILES string of the molecule is Cc1ccc2c(c1)c1ccccc1n2-c1ccc(-c2nc3ccccc3o2)cc1. The van der Waals surface area contributed by atoms with E-state index in [0.29, 0.717) is 5.89 Å². The summed E-state index contributed by atoms with van der Waals surface area (Å²) < 4.78 is 8.24. The van der Waals surface area contributed by atoms with Crippen LogP contribution in [-0.2, 0) is 0 Å². The van der Waals surface area contributed by atoms with Crippen molar-refractivity contribution in [3.8, 4) is 17.1 Å². The number of rotatable bonds is 2. The minimum atomic E-state index is 0.649. The fourth-order valence-corrected chi connectivity index (χ4v) is 4.11. The van der Waals surface area contributed by atoms with E-state index in [1.165, 1.54) is 27.4 Å². The molecular formula is C26H18N2O. The smallest absolute Gasteiger partial charge is 0.227 e. The van der Waals surface area contributed by atoms with E-state index < -0.39 is 0 Å². The predicted octanol–water partition coefficient (Wildman–Crippen LogP) is 6.90. The number of hydrogen-bond acceptors (Lipinski definition) is 2. The van der Waals surface area contributed by atoms with Crippen LogP contribution in [0.3, 0.4) is 0 Å². The maximum absolute atomic E-state index is 5.92. The van der Waals surface area contributed by atoms with Crippen molar-refractivity contribution in [3.05, 3.63) is 96.6 Å². The summed E-state index contributed by atoms with van der Waals surface area (Å²) in [6.45, 7) is 2.14. The maximum Gasteiger partial charge on any atom is 0.227 e. The molecule has 0 N–H and O–H groups in total. The molecule has 0 aliphatic carbocycles. The molecule has 2 aromatic heterocycles. The summed E-state index contributed by atoms with van der Waals surface area (Å²) in [6, 6.07) is 31.5. The third-order valence-electron chi connectivity index (χ3n) is 5.49. The molecule has 6 rings (SSSR count). The number of oxazole rings is 1. The summed E-state index contributed by atoms with van der Waals surface area (Å²) in [6.07, 6.45) is 0. The van der Waals surface area contributed by atoms with Crippen molar-refractivity contribution in [1.82, 2.24) is 9.55 Å². The Hall–Kier alpha value is -3.85. The van der Waals surface area contributed by atoms with Gasteiger partial charge in [0.05, 0.1) is 11.0 Å². The Morgan fingerprint density at radius 1 is 0.724 bits per heavy atom. The van der Waals surface area contributed by atoms with Crippen LogP contribution in [0.15, 0.2) is 95.4 Å². The van der Waals surface area contributed by atoms with E-state index in [4.69, 9.17) is 4.42 Å². The molecule has 0 saturated heterocycles. The quantitative estimate of drug-likeness (QED) is 0.330. The molecule has 0 atom stereocenters. The summed E-state index contributed by atoms with van der Waals surface area (Å²) in [5, 5.41) is 2.55. The van der Waals surface area contributed by atoms with Crippen LogP contribution in [0, 0.1) is 6.92 Å². The largest absolute Gasteiger partial charge is 0.436 e. The summed E-state index contributed by atoms with van der Waals surface area (Å²) in [4.78, 5) is 4.61. The first-order valence-electron chi connectivity index (χ1n) is 9.74. The van der Waals surface area contributed by atoms with Crippen LogP contribution >= 0.6 is 0 Å². The Morgan fingerprint density at radius 3 is 2.34 bits per heavy atom. The molecule has 0 fully saturated rings. The van der Waals surface area contributed by atoms with Crippen LogP contribution in [0.5, 0.6) is 0 Å². The molecule has 138 valence electrons. The van der Waals surface area contributed by atoms with Gasteiger partial charge in [-0.15, -0.1) is 0 Å². The third kappa shape index (κ3) is 2.48. The minimum Gasteiger partial charge on any atom is -0.436 e. The summed E-state index contributed by atoms with van der Waals surface area (Å²) >= 11 is 0. The second kappa shape index (κ2) is 6.08. The highest BCUT2D eigenvalue weighted by molar-refractivity contribution is 6.09. The van der Waals surface area contributed by atoms with Crippen LogP contribution in [-0.4, -0.2) is 9.55 Å². The monoisotopic (exact) mass is 374 g/mol. The molecule has 0 aliphatic heterocycles. The van der Waals surface area contributed by atoms with Crippen molar-refractivity contribution < 1.29 is 4.42 Å². The first-order chi connectivity index (χ1) is 14.3. The van der Waals surface area contributed by atoms with Crippen LogP contribution in [0.4, 0.5) is 0 Å². The van der Waals surface area contributed by atoms with Crippen molar-refractivity contribution in [1.29, 1.82) is 0 Å². The molecule has 0 unspecified atom stereocenters. The summed E-state index contributed by atoms with van der Waals surface area (Å²) in [5.74, 6) is 0.649. The molecular weight excluding hydrogens is 356 g/mol.